The van der Waals surface area contributed by atoms with E-state index in [1.54, 1.807) is 0 Å². The van der Waals surface area contributed by atoms with Gasteiger partial charge in [0, 0.05) is 24.6 Å². The Kier molecular flexibility index (Phi) is 11.6. The Morgan fingerprint density at radius 2 is 1.62 bits per heavy atom. The van der Waals surface area contributed by atoms with Crippen LogP contribution in [0.1, 0.15) is 13.8 Å². The van der Waals surface area contributed by atoms with E-state index in [4.69, 9.17) is 19.7 Å². The van der Waals surface area contributed by atoms with Crippen molar-refractivity contribution in [1.29, 1.82) is 0 Å². The summed E-state index contributed by atoms with van der Waals surface area (Å²) in [6.07, 6.45) is 1.12. The van der Waals surface area contributed by atoms with E-state index < -0.39 is 11.9 Å². The van der Waals surface area contributed by atoms with Crippen LogP contribution in [0.4, 0.5) is 0 Å². The van der Waals surface area contributed by atoms with Crippen molar-refractivity contribution in [2.75, 3.05) is 26.8 Å². The van der Waals surface area contributed by atoms with Crippen molar-refractivity contribution in [3.63, 3.8) is 0 Å². The van der Waals surface area contributed by atoms with Crippen molar-refractivity contribution in [3.8, 4) is 11.5 Å². The van der Waals surface area contributed by atoms with E-state index >= 15 is 0 Å². The third kappa shape index (κ3) is 11.1. The molecule has 0 aliphatic heterocycles. The predicted molar refractivity (Wildman–Crippen MR) is 90.6 cm³/mol. The quantitative estimate of drug-likeness (QED) is 0.591. The van der Waals surface area contributed by atoms with Gasteiger partial charge in [0.1, 0.15) is 0 Å². The summed E-state index contributed by atoms with van der Waals surface area (Å²) in [6.45, 7) is 6.44. The van der Waals surface area contributed by atoms with Crippen molar-refractivity contribution in [2.45, 2.75) is 13.8 Å². The number of para-hydroxylation sites is 2. The number of carboxylic acid groups (broad SMARTS) is 2. The van der Waals surface area contributed by atoms with Crippen molar-refractivity contribution < 1.29 is 29.3 Å². The zero-order chi connectivity index (χ0) is 18.4. The number of carboxylic acids is 2. The van der Waals surface area contributed by atoms with E-state index in [9.17, 15) is 9.59 Å². The van der Waals surface area contributed by atoms with Crippen LogP contribution in [0.15, 0.2) is 36.4 Å². The van der Waals surface area contributed by atoms with Crippen molar-refractivity contribution >= 4 is 11.9 Å². The first kappa shape index (κ1) is 21.5. The highest BCUT2D eigenvalue weighted by Crippen LogP contribution is 2.26. The second-order valence-electron chi connectivity index (χ2n) is 4.86. The molecule has 0 heterocycles. The van der Waals surface area contributed by atoms with Crippen molar-refractivity contribution in [1.82, 2.24) is 5.32 Å². The molecule has 7 heteroatoms. The predicted octanol–water partition coefficient (Wildman–Crippen LogP) is 2.03. The van der Waals surface area contributed by atoms with Crippen molar-refractivity contribution in [2.24, 2.45) is 5.92 Å². The van der Waals surface area contributed by atoms with Gasteiger partial charge in [-0.05, 0) is 26.1 Å². The fourth-order valence-corrected chi connectivity index (χ4v) is 1.63. The molecular formula is C17H25NO6. The molecule has 1 aromatic rings. The molecule has 0 saturated carbocycles. The maximum atomic E-state index is 9.55. The Hall–Kier alpha value is -2.54. The van der Waals surface area contributed by atoms with Gasteiger partial charge in [0.05, 0.1) is 13.2 Å². The molecule has 0 aliphatic carbocycles. The van der Waals surface area contributed by atoms with E-state index in [0.29, 0.717) is 31.3 Å². The summed E-state index contributed by atoms with van der Waals surface area (Å²) < 4.78 is 11.2. The summed E-state index contributed by atoms with van der Waals surface area (Å²) in [7, 11) is 1.95. The second kappa shape index (κ2) is 13.0. The lowest BCUT2D eigenvalue weighted by atomic mass is 10.2. The highest BCUT2D eigenvalue weighted by molar-refractivity contribution is 5.89. The number of carbonyl (C=O) groups is 2. The van der Waals surface area contributed by atoms with Gasteiger partial charge in [0.15, 0.2) is 11.5 Å². The van der Waals surface area contributed by atoms with E-state index in [0.717, 1.165) is 18.0 Å². The first-order valence-electron chi connectivity index (χ1n) is 7.53. The molecule has 0 amide bonds. The fourth-order valence-electron chi connectivity index (χ4n) is 1.63. The average molecular weight is 339 g/mol. The molecule has 134 valence electrons. The van der Waals surface area contributed by atoms with E-state index in [1.807, 2.05) is 38.2 Å². The molecule has 0 saturated heterocycles. The maximum absolute atomic E-state index is 9.55. The van der Waals surface area contributed by atoms with Gasteiger partial charge >= 0.3 is 11.9 Å². The summed E-state index contributed by atoms with van der Waals surface area (Å²) in [5.41, 5.74) is 0. The summed E-state index contributed by atoms with van der Waals surface area (Å²) in [4.78, 5) is 19.1. The Balaban J connectivity index is 0.000000561. The van der Waals surface area contributed by atoms with Crippen LogP contribution in [0.2, 0.25) is 0 Å². The van der Waals surface area contributed by atoms with Crippen LogP contribution >= 0.6 is 0 Å². The second-order valence-corrected chi connectivity index (χ2v) is 4.86. The van der Waals surface area contributed by atoms with Gasteiger partial charge in [-0.1, -0.05) is 19.1 Å². The van der Waals surface area contributed by atoms with Gasteiger partial charge in [-0.2, -0.15) is 0 Å². The maximum Gasteiger partial charge on any atom is 0.328 e. The molecule has 0 fully saturated rings. The summed E-state index contributed by atoms with van der Waals surface area (Å²) in [5.74, 6) is -0.381. The van der Waals surface area contributed by atoms with Crippen molar-refractivity contribution in [3.05, 3.63) is 36.4 Å². The topological polar surface area (TPSA) is 105 Å². The lowest BCUT2D eigenvalue weighted by Gasteiger charge is -2.15. The number of nitrogens with one attached hydrogen (secondary N) is 1. The minimum atomic E-state index is -1.26. The monoisotopic (exact) mass is 339 g/mol. The standard InChI is InChI=1S/C13H21NO2.C4H4O4/c1-4-15-12-7-5-6-8-13(12)16-10-11(2)9-14-3;5-3(6)1-2-4(7)8/h5-8,11,14H,4,9-10H2,1-3H3;1-2H,(H,5,6)(H,7,8)/b;2-1-. The van der Waals surface area contributed by atoms with Gasteiger partial charge in [0.25, 0.3) is 0 Å². The number of hydrogen-bond donors (Lipinski definition) is 3. The fraction of sp³-hybridized carbons (Fsp3) is 0.412. The van der Waals surface area contributed by atoms with Gasteiger partial charge in [0.2, 0.25) is 0 Å². The third-order valence-corrected chi connectivity index (χ3v) is 2.59. The highest BCUT2D eigenvalue weighted by Gasteiger charge is 2.06. The average Bonchev–Trinajstić information content (AvgIpc) is 2.53. The van der Waals surface area contributed by atoms with Crippen LogP contribution in [0, 0.1) is 5.92 Å². The molecule has 0 aliphatic rings. The van der Waals surface area contributed by atoms with Crippen LogP contribution in [-0.4, -0.2) is 49.0 Å². The largest absolute Gasteiger partial charge is 0.490 e. The molecule has 7 nitrogen and oxygen atoms in total. The summed E-state index contributed by atoms with van der Waals surface area (Å²) in [5, 5.41) is 18.8. The third-order valence-electron chi connectivity index (χ3n) is 2.59. The molecular weight excluding hydrogens is 314 g/mol. The molecule has 0 spiro atoms. The molecule has 1 aromatic carbocycles. The first-order chi connectivity index (χ1) is 11.4. The van der Waals surface area contributed by atoms with E-state index in [-0.39, 0.29) is 0 Å². The van der Waals surface area contributed by atoms with Gasteiger partial charge in [-0.15, -0.1) is 0 Å². The van der Waals surface area contributed by atoms with Crippen LogP contribution in [0.3, 0.4) is 0 Å². The summed E-state index contributed by atoms with van der Waals surface area (Å²) >= 11 is 0. The zero-order valence-electron chi connectivity index (χ0n) is 14.2. The van der Waals surface area contributed by atoms with Crippen LogP contribution in [-0.2, 0) is 9.59 Å². The number of aliphatic carboxylic acids is 2. The van der Waals surface area contributed by atoms with Crippen LogP contribution < -0.4 is 14.8 Å². The normalized spacial score (nSPS) is 11.3. The molecule has 0 bridgehead atoms. The van der Waals surface area contributed by atoms with Gasteiger partial charge in [-0.25, -0.2) is 9.59 Å². The Labute approximate surface area is 141 Å². The smallest absolute Gasteiger partial charge is 0.328 e. The lowest BCUT2D eigenvalue weighted by Crippen LogP contribution is -2.21. The molecule has 3 N–H and O–H groups in total. The molecule has 1 atom stereocenters. The number of ether oxygens (including phenoxy) is 2. The number of rotatable bonds is 9. The first-order valence-corrected chi connectivity index (χ1v) is 7.53. The number of benzene rings is 1. The highest BCUT2D eigenvalue weighted by atomic mass is 16.5. The van der Waals surface area contributed by atoms with Gasteiger partial charge < -0.3 is 25.0 Å². The minimum Gasteiger partial charge on any atom is -0.490 e. The van der Waals surface area contributed by atoms with Crippen LogP contribution in [0.25, 0.3) is 0 Å². The molecule has 0 aromatic heterocycles. The molecule has 1 unspecified atom stereocenters. The number of hydrogen-bond acceptors (Lipinski definition) is 5. The molecule has 24 heavy (non-hydrogen) atoms. The van der Waals surface area contributed by atoms with E-state index in [2.05, 4.69) is 12.2 Å². The molecule has 0 radical (unpaired) electrons. The van der Waals surface area contributed by atoms with Gasteiger partial charge in [-0.3, -0.25) is 0 Å². The SMILES string of the molecule is CCOc1ccccc1OCC(C)CNC.O=C(O)/C=C\C(=O)O. The lowest BCUT2D eigenvalue weighted by molar-refractivity contribution is -0.134. The zero-order valence-corrected chi connectivity index (χ0v) is 14.2. The molecule has 1 rings (SSSR count). The Morgan fingerprint density at radius 1 is 1.12 bits per heavy atom. The van der Waals surface area contributed by atoms with E-state index in [1.165, 1.54) is 0 Å². The minimum absolute atomic E-state index is 0.486. The Morgan fingerprint density at radius 3 is 2.04 bits per heavy atom. The Bertz CT molecular complexity index is 514. The van der Waals surface area contributed by atoms with Crippen LogP contribution in [0.5, 0.6) is 11.5 Å². The summed E-state index contributed by atoms with van der Waals surface area (Å²) in [6, 6.07) is 7.79.